The van der Waals surface area contributed by atoms with Crippen molar-refractivity contribution in [2.45, 2.75) is 18.8 Å². The highest BCUT2D eigenvalue weighted by molar-refractivity contribution is 5.68. The summed E-state index contributed by atoms with van der Waals surface area (Å²) in [5.74, 6) is -2.60. The number of carbonyl (C=O) groups is 1. The zero-order valence-electron chi connectivity index (χ0n) is 8.23. The fourth-order valence-corrected chi connectivity index (χ4v) is 1.35. The van der Waals surface area contributed by atoms with Crippen molar-refractivity contribution in [2.24, 2.45) is 0 Å². The lowest BCUT2D eigenvalue weighted by Crippen LogP contribution is -2.14. The van der Waals surface area contributed by atoms with Gasteiger partial charge in [-0.25, -0.2) is 8.78 Å². The zero-order valence-corrected chi connectivity index (χ0v) is 8.23. The molecule has 0 bridgehead atoms. The second-order valence-corrected chi connectivity index (χ2v) is 3.27. The van der Waals surface area contributed by atoms with Gasteiger partial charge in [0.1, 0.15) is 0 Å². The third kappa shape index (κ3) is 3.02. The molecule has 0 aliphatic heterocycles. The van der Waals surface area contributed by atoms with Gasteiger partial charge < -0.3 is 5.11 Å². The Balaban J connectivity index is 2.93. The van der Waals surface area contributed by atoms with Gasteiger partial charge in [0.05, 0.1) is 24.0 Å². The van der Waals surface area contributed by atoms with Gasteiger partial charge in [-0.2, -0.15) is 5.26 Å². The maximum Gasteiger partial charge on any atom is 0.304 e. The number of aliphatic carboxylic acids is 1. The van der Waals surface area contributed by atoms with Gasteiger partial charge in [0.15, 0.2) is 0 Å². The van der Waals surface area contributed by atoms with Crippen molar-refractivity contribution in [3.8, 4) is 6.07 Å². The second kappa shape index (κ2) is 5.21. The summed E-state index contributed by atoms with van der Waals surface area (Å²) in [6.45, 7) is 0. The molecule has 1 N–H and O–H groups in total. The quantitative estimate of drug-likeness (QED) is 0.855. The number of rotatable bonds is 4. The van der Waals surface area contributed by atoms with Crippen LogP contribution in [0.3, 0.4) is 0 Å². The Bertz CT molecular complexity index is 409. The molecule has 0 radical (unpaired) electrons. The molecule has 3 nitrogen and oxygen atoms in total. The van der Waals surface area contributed by atoms with Gasteiger partial charge in [0.2, 0.25) is 6.43 Å². The topological polar surface area (TPSA) is 61.1 Å². The van der Waals surface area contributed by atoms with Crippen LogP contribution in [0.25, 0.3) is 0 Å². The first-order chi connectivity index (χ1) is 7.54. The number of hydrogen-bond acceptors (Lipinski definition) is 2. The summed E-state index contributed by atoms with van der Waals surface area (Å²) in [7, 11) is 0. The lowest BCUT2D eigenvalue weighted by Gasteiger charge is -2.13. The summed E-state index contributed by atoms with van der Waals surface area (Å²) >= 11 is 0. The minimum atomic E-state index is -2.73. The predicted molar refractivity (Wildman–Crippen MR) is 52.2 cm³/mol. The molecule has 0 aliphatic carbocycles. The Labute approximate surface area is 90.9 Å². The summed E-state index contributed by atoms with van der Waals surface area (Å²) in [5, 5.41) is 17.0. The highest BCUT2D eigenvalue weighted by atomic mass is 19.3. The SMILES string of the molecule is N#Cc1ccc(C(CC(=O)O)C(F)F)cc1. The molecule has 84 valence electrons. The van der Waals surface area contributed by atoms with Crippen LogP contribution in [0.15, 0.2) is 24.3 Å². The number of carboxylic acid groups (broad SMARTS) is 1. The molecule has 0 spiro atoms. The van der Waals surface area contributed by atoms with Gasteiger partial charge >= 0.3 is 5.97 Å². The molecule has 0 aromatic heterocycles. The fraction of sp³-hybridized carbons (Fsp3) is 0.273. The van der Waals surface area contributed by atoms with E-state index in [1.807, 2.05) is 6.07 Å². The number of halogens is 2. The van der Waals surface area contributed by atoms with E-state index < -0.39 is 24.7 Å². The molecular weight excluding hydrogens is 216 g/mol. The highest BCUT2D eigenvalue weighted by Gasteiger charge is 2.25. The lowest BCUT2D eigenvalue weighted by molar-refractivity contribution is -0.138. The summed E-state index contributed by atoms with van der Waals surface area (Å²) in [6, 6.07) is 7.37. The molecule has 5 heteroatoms. The van der Waals surface area contributed by atoms with E-state index >= 15 is 0 Å². The Morgan fingerprint density at radius 2 is 1.94 bits per heavy atom. The molecule has 1 atom stereocenters. The number of nitriles is 1. The average molecular weight is 225 g/mol. The fourth-order valence-electron chi connectivity index (χ4n) is 1.35. The first kappa shape index (κ1) is 12.1. The number of hydrogen-bond donors (Lipinski definition) is 1. The zero-order chi connectivity index (χ0) is 12.1. The van der Waals surface area contributed by atoms with E-state index in [1.165, 1.54) is 24.3 Å². The first-order valence-corrected chi connectivity index (χ1v) is 4.54. The summed E-state index contributed by atoms with van der Waals surface area (Å²) < 4.78 is 25.2. The summed E-state index contributed by atoms with van der Waals surface area (Å²) in [6.07, 6.45) is -3.35. The molecular formula is C11H9F2NO2. The van der Waals surface area contributed by atoms with E-state index in [4.69, 9.17) is 10.4 Å². The van der Waals surface area contributed by atoms with E-state index in [2.05, 4.69) is 0 Å². The van der Waals surface area contributed by atoms with Crippen molar-refractivity contribution in [1.29, 1.82) is 5.26 Å². The maximum atomic E-state index is 12.6. The molecule has 16 heavy (non-hydrogen) atoms. The third-order valence-electron chi connectivity index (χ3n) is 2.17. The van der Waals surface area contributed by atoms with Crippen LogP contribution in [0.5, 0.6) is 0 Å². The van der Waals surface area contributed by atoms with Gasteiger partial charge in [0.25, 0.3) is 0 Å². The predicted octanol–water partition coefficient (Wildman–Crippen LogP) is 2.38. The first-order valence-electron chi connectivity index (χ1n) is 4.54. The van der Waals surface area contributed by atoms with E-state index in [0.29, 0.717) is 5.56 Å². The molecule has 0 saturated carbocycles. The van der Waals surface area contributed by atoms with E-state index in [-0.39, 0.29) is 5.56 Å². The minimum Gasteiger partial charge on any atom is -0.481 e. The normalized spacial score (nSPS) is 12.1. The van der Waals surface area contributed by atoms with Crippen molar-refractivity contribution in [3.63, 3.8) is 0 Å². The molecule has 0 saturated heterocycles. The van der Waals surface area contributed by atoms with Crippen LogP contribution in [0.4, 0.5) is 8.78 Å². The molecule has 0 aliphatic rings. The maximum absolute atomic E-state index is 12.6. The molecule has 1 rings (SSSR count). The van der Waals surface area contributed by atoms with Crippen LogP contribution in [0, 0.1) is 11.3 Å². The Kier molecular flexibility index (Phi) is 3.95. The number of carboxylic acids is 1. The smallest absolute Gasteiger partial charge is 0.304 e. The van der Waals surface area contributed by atoms with Crippen molar-refractivity contribution in [3.05, 3.63) is 35.4 Å². The molecule has 1 aromatic carbocycles. The molecule has 0 amide bonds. The van der Waals surface area contributed by atoms with Crippen LogP contribution < -0.4 is 0 Å². The van der Waals surface area contributed by atoms with Crippen molar-refractivity contribution >= 4 is 5.97 Å². The van der Waals surface area contributed by atoms with Gasteiger partial charge in [-0.15, -0.1) is 0 Å². The largest absolute Gasteiger partial charge is 0.481 e. The van der Waals surface area contributed by atoms with Crippen LogP contribution in [0.2, 0.25) is 0 Å². The minimum absolute atomic E-state index is 0.233. The molecule has 1 unspecified atom stereocenters. The van der Waals surface area contributed by atoms with Gasteiger partial charge in [-0.05, 0) is 17.7 Å². The molecule has 0 heterocycles. The monoisotopic (exact) mass is 225 g/mol. The van der Waals surface area contributed by atoms with Crippen LogP contribution in [0.1, 0.15) is 23.5 Å². The van der Waals surface area contributed by atoms with Crippen molar-refractivity contribution in [2.75, 3.05) is 0 Å². The van der Waals surface area contributed by atoms with Crippen molar-refractivity contribution in [1.82, 2.24) is 0 Å². The third-order valence-corrected chi connectivity index (χ3v) is 2.17. The number of alkyl halides is 2. The summed E-state index contributed by atoms with van der Waals surface area (Å²) in [4.78, 5) is 10.4. The summed E-state index contributed by atoms with van der Waals surface area (Å²) in [5.41, 5.74) is 0.587. The highest BCUT2D eigenvalue weighted by Crippen LogP contribution is 2.26. The number of benzene rings is 1. The van der Waals surface area contributed by atoms with Crippen LogP contribution >= 0.6 is 0 Å². The van der Waals surface area contributed by atoms with Gasteiger partial charge in [-0.3, -0.25) is 4.79 Å². The standard InChI is InChI=1S/C11H9F2NO2/c12-11(13)9(5-10(15)16)8-3-1-7(6-14)2-4-8/h1-4,9,11H,5H2,(H,15,16). The Hall–Kier alpha value is -1.96. The van der Waals surface area contributed by atoms with E-state index in [1.54, 1.807) is 0 Å². The van der Waals surface area contributed by atoms with Gasteiger partial charge in [0, 0.05) is 0 Å². The van der Waals surface area contributed by atoms with E-state index in [0.717, 1.165) is 0 Å². The van der Waals surface area contributed by atoms with E-state index in [9.17, 15) is 13.6 Å². The van der Waals surface area contributed by atoms with Crippen LogP contribution in [-0.2, 0) is 4.79 Å². The van der Waals surface area contributed by atoms with Crippen LogP contribution in [-0.4, -0.2) is 17.5 Å². The second-order valence-electron chi connectivity index (χ2n) is 3.27. The van der Waals surface area contributed by atoms with Crippen molar-refractivity contribution < 1.29 is 18.7 Å². The molecule has 0 fully saturated rings. The molecule has 1 aromatic rings. The van der Waals surface area contributed by atoms with Gasteiger partial charge in [-0.1, -0.05) is 12.1 Å². The lowest BCUT2D eigenvalue weighted by atomic mass is 9.95. The Morgan fingerprint density at radius 1 is 1.38 bits per heavy atom. The average Bonchev–Trinajstić information content (AvgIpc) is 2.25. The number of nitrogens with zero attached hydrogens (tertiary/aromatic N) is 1. The Morgan fingerprint density at radius 3 is 2.31 bits per heavy atom.